The van der Waals surface area contributed by atoms with E-state index in [4.69, 9.17) is 27.6 Å². The zero-order chi connectivity index (χ0) is 18.0. The van der Waals surface area contributed by atoms with Gasteiger partial charge in [0.1, 0.15) is 0 Å². The van der Waals surface area contributed by atoms with Gasteiger partial charge in [-0.05, 0) is 60.7 Å². The molecule has 0 aliphatic rings. The van der Waals surface area contributed by atoms with E-state index in [0.717, 1.165) is 0 Å². The number of hydrogen-bond acceptors (Lipinski definition) is 4. The Labute approximate surface area is 154 Å². The molecule has 3 aromatic rings. The maximum atomic E-state index is 12.5. The number of hydrogen-bond donors (Lipinski definition) is 1. The van der Waals surface area contributed by atoms with E-state index >= 15 is 0 Å². The number of nitrogens with one attached hydrogen (secondary N) is 1. The highest BCUT2D eigenvalue weighted by Gasteiger charge is 2.23. The Kier molecular flexibility index (Phi) is 4.85. The van der Waals surface area contributed by atoms with Crippen LogP contribution < -0.4 is 5.32 Å². The largest absolute Gasteiger partial charge is 0.439 e. The number of halogens is 2. The van der Waals surface area contributed by atoms with Crippen LogP contribution in [0.2, 0.25) is 10.0 Å². The lowest BCUT2D eigenvalue weighted by Crippen LogP contribution is -2.10. The first-order valence-electron chi connectivity index (χ1n) is 7.04. The molecular formula is C17H11Cl2NO4S. The summed E-state index contributed by atoms with van der Waals surface area (Å²) in [6.07, 6.45) is 0. The molecule has 0 saturated carbocycles. The molecule has 0 aliphatic carbocycles. The topological polar surface area (TPSA) is 76.4 Å². The fourth-order valence-electron chi connectivity index (χ4n) is 2.04. The van der Waals surface area contributed by atoms with E-state index in [2.05, 4.69) is 5.32 Å². The molecule has 0 fully saturated rings. The van der Waals surface area contributed by atoms with Gasteiger partial charge in [0.2, 0.25) is 14.9 Å². The van der Waals surface area contributed by atoms with Gasteiger partial charge in [-0.2, -0.15) is 0 Å². The third-order valence-electron chi connectivity index (χ3n) is 3.30. The second kappa shape index (κ2) is 6.92. The molecule has 0 bridgehead atoms. The number of rotatable bonds is 4. The molecule has 0 spiro atoms. The zero-order valence-electron chi connectivity index (χ0n) is 12.6. The number of anilines is 1. The number of benzene rings is 2. The summed E-state index contributed by atoms with van der Waals surface area (Å²) < 4.78 is 30.2. The average molecular weight is 396 g/mol. The van der Waals surface area contributed by atoms with Crippen molar-refractivity contribution in [3.8, 4) is 0 Å². The van der Waals surface area contributed by atoms with Gasteiger partial charge in [0.05, 0.1) is 4.90 Å². The van der Waals surface area contributed by atoms with Crippen LogP contribution in [0.5, 0.6) is 0 Å². The van der Waals surface area contributed by atoms with Gasteiger partial charge < -0.3 is 9.73 Å². The number of sulfone groups is 1. The van der Waals surface area contributed by atoms with Crippen molar-refractivity contribution in [1.82, 2.24) is 0 Å². The van der Waals surface area contributed by atoms with Crippen LogP contribution in [0.25, 0.3) is 0 Å². The smallest absolute Gasteiger partial charge is 0.291 e. The number of amides is 1. The summed E-state index contributed by atoms with van der Waals surface area (Å²) in [5.74, 6) is -0.692. The van der Waals surface area contributed by atoms with Gasteiger partial charge in [0.25, 0.3) is 5.91 Å². The number of furan rings is 1. The number of carbonyl (C=O) groups is 1. The predicted octanol–water partition coefficient (Wildman–Crippen LogP) is 4.67. The molecule has 8 heteroatoms. The van der Waals surface area contributed by atoms with E-state index in [1.165, 1.54) is 36.4 Å². The molecule has 1 N–H and O–H groups in total. The SMILES string of the molecule is O=C(Nc1ccc(Cl)cc1)c1ccc(S(=O)(=O)c2ccc(Cl)cc2)o1. The van der Waals surface area contributed by atoms with Crippen molar-refractivity contribution in [3.05, 3.63) is 76.5 Å². The summed E-state index contributed by atoms with van der Waals surface area (Å²) in [5, 5.41) is 3.22. The average Bonchev–Trinajstić information content (AvgIpc) is 3.08. The minimum absolute atomic E-state index is 0.0240. The highest BCUT2D eigenvalue weighted by atomic mass is 35.5. The Morgan fingerprint density at radius 3 is 2.00 bits per heavy atom. The Balaban J connectivity index is 1.82. The molecule has 1 aromatic heterocycles. The molecule has 0 aliphatic heterocycles. The summed E-state index contributed by atoms with van der Waals surface area (Å²) in [6, 6.07) is 14.7. The fourth-order valence-corrected chi connectivity index (χ4v) is 3.47. The first-order valence-corrected chi connectivity index (χ1v) is 9.27. The molecule has 1 amide bonds. The maximum absolute atomic E-state index is 12.5. The minimum atomic E-state index is -3.87. The van der Waals surface area contributed by atoms with Crippen LogP contribution in [0.3, 0.4) is 0 Å². The van der Waals surface area contributed by atoms with Crippen molar-refractivity contribution in [2.24, 2.45) is 0 Å². The fraction of sp³-hybridized carbons (Fsp3) is 0. The second-order valence-corrected chi connectivity index (χ2v) is 7.79. The molecule has 0 radical (unpaired) electrons. The minimum Gasteiger partial charge on any atom is -0.439 e. The normalized spacial score (nSPS) is 11.3. The van der Waals surface area contributed by atoms with E-state index in [1.54, 1.807) is 24.3 Å². The molecule has 0 unspecified atom stereocenters. The van der Waals surface area contributed by atoms with Gasteiger partial charge in [-0.15, -0.1) is 0 Å². The van der Waals surface area contributed by atoms with Crippen molar-refractivity contribution in [1.29, 1.82) is 0 Å². The molecule has 3 rings (SSSR count). The van der Waals surface area contributed by atoms with Crippen LogP contribution in [0.1, 0.15) is 10.6 Å². The van der Waals surface area contributed by atoms with Gasteiger partial charge in [0.15, 0.2) is 5.76 Å². The Morgan fingerprint density at radius 1 is 0.840 bits per heavy atom. The monoisotopic (exact) mass is 395 g/mol. The maximum Gasteiger partial charge on any atom is 0.291 e. The molecular weight excluding hydrogens is 385 g/mol. The Bertz CT molecular complexity index is 1010. The van der Waals surface area contributed by atoms with E-state index < -0.39 is 15.7 Å². The van der Waals surface area contributed by atoms with Crippen molar-refractivity contribution in [2.75, 3.05) is 5.32 Å². The van der Waals surface area contributed by atoms with Gasteiger partial charge >= 0.3 is 0 Å². The van der Waals surface area contributed by atoms with Crippen LogP contribution in [0.4, 0.5) is 5.69 Å². The van der Waals surface area contributed by atoms with E-state index in [1.807, 2.05) is 0 Å². The summed E-state index contributed by atoms with van der Waals surface area (Å²) >= 11 is 11.5. The van der Waals surface area contributed by atoms with Crippen molar-refractivity contribution in [2.45, 2.75) is 9.99 Å². The lowest BCUT2D eigenvalue weighted by molar-refractivity contribution is 0.0991. The quantitative estimate of drug-likeness (QED) is 0.695. The molecule has 25 heavy (non-hydrogen) atoms. The molecule has 0 saturated heterocycles. The third-order valence-corrected chi connectivity index (χ3v) is 5.44. The van der Waals surface area contributed by atoms with Crippen LogP contribution in [-0.4, -0.2) is 14.3 Å². The summed E-state index contributed by atoms with van der Waals surface area (Å²) in [4.78, 5) is 12.2. The highest BCUT2D eigenvalue weighted by molar-refractivity contribution is 7.91. The standard InChI is InChI=1S/C17H11Cl2NO4S/c18-11-1-5-13(6-2-11)20-17(21)15-9-10-16(24-15)25(22,23)14-7-3-12(19)4-8-14/h1-10H,(H,20,21). The highest BCUT2D eigenvalue weighted by Crippen LogP contribution is 2.24. The summed E-state index contributed by atoms with van der Waals surface area (Å²) in [7, 11) is -3.87. The van der Waals surface area contributed by atoms with Gasteiger partial charge in [-0.25, -0.2) is 8.42 Å². The molecule has 2 aromatic carbocycles. The number of carbonyl (C=O) groups excluding carboxylic acids is 1. The van der Waals surface area contributed by atoms with Gasteiger partial charge in [-0.3, -0.25) is 4.79 Å². The lowest BCUT2D eigenvalue weighted by Gasteiger charge is -2.03. The van der Waals surface area contributed by atoms with Crippen LogP contribution in [0, 0.1) is 0 Å². The Hall–Kier alpha value is -2.28. The van der Waals surface area contributed by atoms with Crippen LogP contribution in [0.15, 0.2) is 75.1 Å². The molecule has 5 nitrogen and oxygen atoms in total. The second-order valence-electron chi connectivity index (χ2n) is 5.04. The third kappa shape index (κ3) is 3.87. The summed E-state index contributed by atoms with van der Waals surface area (Å²) in [6.45, 7) is 0. The lowest BCUT2D eigenvalue weighted by atomic mass is 10.3. The van der Waals surface area contributed by atoms with E-state index in [-0.39, 0.29) is 15.7 Å². The van der Waals surface area contributed by atoms with Crippen molar-refractivity contribution >= 4 is 44.6 Å². The summed E-state index contributed by atoms with van der Waals surface area (Å²) in [5.41, 5.74) is 0.507. The molecule has 0 atom stereocenters. The van der Waals surface area contributed by atoms with Gasteiger partial charge in [0, 0.05) is 15.7 Å². The van der Waals surface area contributed by atoms with Crippen molar-refractivity contribution < 1.29 is 17.6 Å². The Morgan fingerprint density at radius 2 is 1.40 bits per heavy atom. The first kappa shape index (κ1) is 17.5. The molecule has 1 heterocycles. The zero-order valence-corrected chi connectivity index (χ0v) is 14.9. The van der Waals surface area contributed by atoms with Crippen molar-refractivity contribution in [3.63, 3.8) is 0 Å². The van der Waals surface area contributed by atoms with Gasteiger partial charge in [-0.1, -0.05) is 23.2 Å². The van der Waals surface area contributed by atoms with E-state index in [9.17, 15) is 13.2 Å². The van der Waals surface area contributed by atoms with Crippen LogP contribution in [-0.2, 0) is 9.84 Å². The predicted molar refractivity (Wildman–Crippen MR) is 95.0 cm³/mol. The van der Waals surface area contributed by atoms with E-state index in [0.29, 0.717) is 15.7 Å². The molecule has 128 valence electrons. The first-order chi connectivity index (χ1) is 11.9. The van der Waals surface area contributed by atoms with Crippen LogP contribution >= 0.6 is 23.2 Å².